The number of piperazine rings is 1. The van der Waals surface area contributed by atoms with Crippen molar-refractivity contribution in [1.82, 2.24) is 9.80 Å². The van der Waals surface area contributed by atoms with Crippen molar-refractivity contribution in [2.75, 3.05) is 13.1 Å². The third-order valence-electron chi connectivity index (χ3n) is 7.98. The smallest absolute Gasteiger partial charge is 0.333 e. The van der Waals surface area contributed by atoms with Crippen molar-refractivity contribution < 1.29 is 106 Å². The predicted octanol–water partition coefficient (Wildman–Crippen LogP) is 6.23. The van der Waals surface area contributed by atoms with Gasteiger partial charge in [-0.2, -0.15) is 87.8 Å². The molecule has 2 aliphatic carbocycles. The van der Waals surface area contributed by atoms with E-state index in [1.165, 1.54) is 0 Å². The van der Waals surface area contributed by atoms with Crippen LogP contribution in [0.4, 0.5) is 96.6 Å². The normalized spacial score (nSPS) is 34.8. The number of hydrogen-bond acceptors (Lipinski definition) is 2. The molecule has 2 amide bonds. The highest BCUT2D eigenvalue weighted by molar-refractivity contribution is 5.91. The van der Waals surface area contributed by atoms with Gasteiger partial charge >= 0.3 is 70.6 Å². The highest BCUT2D eigenvalue weighted by atomic mass is 19.4. The number of halogens is 22. The van der Waals surface area contributed by atoms with Gasteiger partial charge in [-0.15, -0.1) is 0 Å². The molecule has 3 fully saturated rings. The maximum absolute atomic E-state index is 15.2. The van der Waals surface area contributed by atoms with Gasteiger partial charge in [0, 0.05) is 25.2 Å². The number of carbonyl (C=O) groups is 2. The van der Waals surface area contributed by atoms with E-state index in [-0.39, 0.29) is 13.8 Å². The molecule has 2 unspecified atom stereocenters. The third-order valence-corrected chi connectivity index (χ3v) is 7.98. The van der Waals surface area contributed by atoms with Crippen LogP contribution < -0.4 is 0 Å². The Balaban J connectivity index is 2.12. The van der Waals surface area contributed by atoms with E-state index in [2.05, 4.69) is 0 Å². The summed E-state index contributed by atoms with van der Waals surface area (Å²) in [4.78, 5) is 23.0. The van der Waals surface area contributed by atoms with Crippen LogP contribution in [0, 0.1) is 0 Å². The van der Waals surface area contributed by atoms with Gasteiger partial charge in [0.15, 0.2) is 0 Å². The van der Waals surface area contributed by atoms with E-state index in [1.807, 2.05) is 0 Å². The summed E-state index contributed by atoms with van der Waals surface area (Å²) in [6, 6.07) is -5.68. The Labute approximate surface area is 238 Å². The molecule has 2 atom stereocenters. The molecular weight excluding hydrogens is 718 g/mol. The molecule has 0 spiro atoms. The fraction of sp³-hybridized carbons (Fsp3) is 0.900. The highest BCUT2D eigenvalue weighted by Gasteiger charge is 3.04. The van der Waals surface area contributed by atoms with Crippen molar-refractivity contribution in [3.05, 3.63) is 0 Å². The molecule has 1 saturated heterocycles. The topological polar surface area (TPSA) is 40.6 Å². The van der Waals surface area contributed by atoms with Crippen LogP contribution in [0.2, 0.25) is 0 Å². The summed E-state index contributed by atoms with van der Waals surface area (Å²) in [5.74, 6) is -85.7. The Morgan fingerprint density at radius 3 is 0.696 bits per heavy atom. The molecule has 1 aliphatic heterocycles. The van der Waals surface area contributed by atoms with Crippen LogP contribution in [-0.4, -0.2) is 117 Å². The Kier molecular flexibility index (Phi) is 7.48. The number of alkyl halides is 22. The lowest BCUT2D eigenvalue weighted by atomic mass is 9.71. The minimum atomic E-state index is -7.81. The van der Waals surface area contributed by atoms with Gasteiger partial charge in [0.25, 0.3) is 11.8 Å². The van der Waals surface area contributed by atoms with Crippen molar-refractivity contribution >= 4 is 11.8 Å². The zero-order chi connectivity index (χ0) is 36.9. The zero-order valence-corrected chi connectivity index (χ0v) is 21.6. The molecule has 0 radical (unpaired) electrons. The maximum Gasteiger partial charge on any atom is 0.384 e. The molecule has 46 heavy (non-hydrogen) atoms. The Hall–Kier alpha value is -2.60. The van der Waals surface area contributed by atoms with Crippen LogP contribution in [-0.2, 0) is 9.59 Å². The van der Waals surface area contributed by atoms with Crippen molar-refractivity contribution in [3.8, 4) is 0 Å². The summed E-state index contributed by atoms with van der Waals surface area (Å²) < 4.78 is 309. The monoisotopic (exact) mass is 730 g/mol. The van der Waals surface area contributed by atoms with E-state index in [0.29, 0.717) is 0 Å². The van der Waals surface area contributed by atoms with Crippen LogP contribution in [0.1, 0.15) is 13.8 Å². The van der Waals surface area contributed by atoms with Gasteiger partial charge in [0.05, 0.1) is 0 Å². The van der Waals surface area contributed by atoms with Crippen LogP contribution in [0.15, 0.2) is 0 Å². The van der Waals surface area contributed by atoms with Gasteiger partial charge in [-0.1, -0.05) is 0 Å². The van der Waals surface area contributed by atoms with Gasteiger partial charge in [0.1, 0.15) is 0 Å². The quantitative estimate of drug-likeness (QED) is 0.317. The second-order valence-corrected chi connectivity index (χ2v) is 10.7. The van der Waals surface area contributed by atoms with E-state index in [4.69, 9.17) is 0 Å². The lowest BCUT2D eigenvalue weighted by Crippen LogP contribution is -2.87. The molecule has 0 bridgehead atoms. The van der Waals surface area contributed by atoms with Gasteiger partial charge in [-0.05, 0) is 13.8 Å². The first-order valence-electron chi connectivity index (χ1n) is 11.6. The molecule has 0 aromatic carbocycles. The van der Waals surface area contributed by atoms with Crippen molar-refractivity contribution in [1.29, 1.82) is 0 Å². The Morgan fingerprint density at radius 2 is 0.522 bits per heavy atom. The number of nitrogens with zero attached hydrogens (tertiary/aromatic N) is 2. The molecule has 4 nitrogen and oxygen atoms in total. The van der Waals surface area contributed by atoms with Crippen LogP contribution in [0.25, 0.3) is 0 Å². The van der Waals surface area contributed by atoms with Gasteiger partial charge in [-0.3, -0.25) is 9.59 Å². The molecule has 0 aromatic rings. The van der Waals surface area contributed by atoms with Crippen molar-refractivity contribution in [2.24, 2.45) is 0 Å². The van der Waals surface area contributed by atoms with E-state index in [0.717, 1.165) is 0 Å². The Bertz CT molecular complexity index is 1150. The fourth-order valence-electron chi connectivity index (χ4n) is 5.07. The third kappa shape index (κ3) is 3.38. The summed E-state index contributed by atoms with van der Waals surface area (Å²) in [5.41, 5.74) is -14.7. The van der Waals surface area contributed by atoms with Gasteiger partial charge in [0.2, 0.25) is 0 Å². The zero-order valence-electron chi connectivity index (χ0n) is 21.6. The first-order valence-corrected chi connectivity index (χ1v) is 11.6. The molecule has 0 aromatic heterocycles. The molecule has 26 heteroatoms. The molecule has 0 N–H and O–H groups in total. The SMILES string of the molecule is CC1CN(C(=O)C2(F)C(F)(F)C(F)(F)C(F)(F)C(F)(F)C2(F)F)C(C)CN1C(=O)C1(F)C(F)(F)C(F)(F)C(F)(F)C(F)(F)C1(F)F. The first kappa shape index (κ1) is 37.9. The standard InChI is InChI=1S/C20H12F22N2O2/c1-5-3-44(8(46)10(22)13(27,28)17(35,36)20(41,42)18(37,38)14(10,29)30)6(2)4-43(5)7(45)9(21)11(23,24)15(31,32)19(39,40)16(33,34)12(9,25)26/h5-6H,3-4H2,1-2H3. The molecule has 3 aliphatic rings. The molecule has 2 saturated carbocycles. The average Bonchev–Trinajstić information content (AvgIpc) is 2.89. The van der Waals surface area contributed by atoms with Crippen molar-refractivity contribution in [2.45, 2.75) is 96.5 Å². The number of rotatable bonds is 2. The fourth-order valence-corrected chi connectivity index (χ4v) is 5.07. The Morgan fingerprint density at radius 1 is 0.370 bits per heavy atom. The van der Waals surface area contributed by atoms with Crippen LogP contribution in [0.3, 0.4) is 0 Å². The minimum absolute atomic E-state index is 0.0802. The van der Waals surface area contributed by atoms with Crippen molar-refractivity contribution in [3.63, 3.8) is 0 Å². The second kappa shape index (κ2) is 9.09. The molecule has 1 heterocycles. The molecule has 268 valence electrons. The van der Waals surface area contributed by atoms with E-state index >= 15 is 8.78 Å². The summed E-state index contributed by atoms with van der Waals surface area (Å²) in [6.07, 6.45) is 0. The lowest BCUT2D eigenvalue weighted by Gasteiger charge is -2.55. The van der Waals surface area contributed by atoms with Crippen LogP contribution >= 0.6 is 0 Å². The summed E-state index contributed by atoms with van der Waals surface area (Å²) in [6.45, 7) is -4.24. The highest BCUT2D eigenvalue weighted by Crippen LogP contribution is 2.71. The maximum atomic E-state index is 15.2. The van der Waals surface area contributed by atoms with E-state index < -0.39 is 117 Å². The van der Waals surface area contributed by atoms with Gasteiger partial charge in [-0.25, -0.2) is 8.78 Å². The molecular formula is C20H12F22N2O2. The number of hydrogen-bond donors (Lipinski definition) is 0. The first-order chi connectivity index (χ1) is 19.9. The number of carbonyl (C=O) groups excluding carboxylic acids is 2. The number of amides is 2. The summed E-state index contributed by atoms with van der Waals surface area (Å²) in [7, 11) is 0. The molecule has 3 rings (SSSR count). The average molecular weight is 730 g/mol. The van der Waals surface area contributed by atoms with Crippen LogP contribution in [0.5, 0.6) is 0 Å². The van der Waals surface area contributed by atoms with Gasteiger partial charge < -0.3 is 9.80 Å². The minimum Gasteiger partial charge on any atom is -0.333 e. The predicted molar refractivity (Wildman–Crippen MR) is 99.5 cm³/mol. The largest absolute Gasteiger partial charge is 0.384 e. The summed E-state index contributed by atoms with van der Waals surface area (Å²) >= 11 is 0. The van der Waals surface area contributed by atoms with E-state index in [9.17, 15) is 97.4 Å². The lowest BCUT2D eigenvalue weighted by molar-refractivity contribution is -0.477. The van der Waals surface area contributed by atoms with E-state index in [1.54, 1.807) is 0 Å². The summed E-state index contributed by atoms with van der Waals surface area (Å²) in [5, 5.41) is 0. The second-order valence-electron chi connectivity index (χ2n) is 10.7.